The van der Waals surface area contributed by atoms with Crippen LogP contribution in [0.4, 0.5) is 45.8 Å². The van der Waals surface area contributed by atoms with E-state index in [0.717, 1.165) is 6.42 Å². The lowest BCUT2D eigenvalue weighted by Crippen LogP contribution is -2.44. The van der Waals surface area contributed by atoms with E-state index in [1.165, 1.54) is 177 Å². The number of aromatic nitrogens is 4. The van der Waals surface area contributed by atoms with Gasteiger partial charge in [-0.25, -0.2) is 23.5 Å². The number of benzene rings is 8. The van der Waals surface area contributed by atoms with Crippen molar-refractivity contribution in [2.45, 2.75) is 140 Å². The number of rotatable bonds is 9. The summed E-state index contributed by atoms with van der Waals surface area (Å²) < 4.78 is 9.24. The van der Waals surface area contributed by atoms with Crippen LogP contribution >= 0.6 is 0 Å². The lowest BCUT2D eigenvalue weighted by molar-refractivity contribution is -0.659. The first-order valence-corrected chi connectivity index (χ1v) is 39.6. The van der Waals surface area contributed by atoms with Crippen molar-refractivity contribution >= 4 is 67.4 Å². The number of fused-ring (bicyclic) bond motifs is 5. The first-order valence-electron chi connectivity index (χ1n) is 39.6. The monoisotopic (exact) mass is 1460 g/mol. The summed E-state index contributed by atoms with van der Waals surface area (Å²) in [5.41, 5.74) is 30.7. The second kappa shape index (κ2) is 31.0. The van der Waals surface area contributed by atoms with E-state index in [2.05, 4.69) is 440 Å². The van der Waals surface area contributed by atoms with E-state index < -0.39 is 0 Å². The van der Waals surface area contributed by atoms with Gasteiger partial charge in [0.15, 0.2) is 29.9 Å². The van der Waals surface area contributed by atoms with E-state index in [-0.39, 0.29) is 17.7 Å². The zero-order chi connectivity index (χ0) is 77.7. The summed E-state index contributed by atoms with van der Waals surface area (Å²) in [5.74, 6) is 2.40. The standard InChI is InChI=1S/C27H34N3.C26H30N3.C23H26N3.C22H24N3/c1-19-23(25-13-12-22-10-8-9-11-24(22)29(25)7)16-21(18-27(3,4)5)17-26(19)30-15-14-28(6)20(30)2;1-18-24(26-22-11-7-5-9-20(22)13-14-28(26)4)17-21-10-6-8-12-23(21)25(18)29-16-15-27(3)19(29)2;1-16-13-14-17(2)19(15-16)20-11-8-12-23(25(20)5)26-18(3)24(4)21-9-6-7-10-22(21)26;1-16-10-5-6-11-18(16)19-14-9-15-22(24(19)4)25-17(2)23(3)20-12-7-8-13-21(20)25/h8-17,20H,18H2,1-7H3;5,7,9,11,13-17,19H,6,8,10,12H2,1-4H3;6-15,18H,1-5H3;5-15,17H,1-4H3/q4*+1/t20-;19-;18-;17-/m1111/s1. The van der Waals surface area contributed by atoms with Crippen LogP contribution in [0.1, 0.15) is 106 Å². The Bertz CT molecular complexity index is 5510. The van der Waals surface area contributed by atoms with Gasteiger partial charge in [-0.3, -0.25) is 0 Å². The molecule has 0 fully saturated rings. The predicted octanol–water partition coefficient (Wildman–Crippen LogP) is 20.0. The molecule has 0 unspecified atom stereocenters. The summed E-state index contributed by atoms with van der Waals surface area (Å²) in [5, 5.41) is 3.89. The van der Waals surface area contributed by atoms with Crippen LogP contribution in [0, 0.1) is 40.0 Å². The topological polar surface area (TPSA) is 41.4 Å². The molecule has 0 amide bonds. The molecule has 110 heavy (non-hydrogen) atoms. The molecule has 0 radical (unpaired) electrons. The van der Waals surface area contributed by atoms with Crippen LogP contribution in [0.5, 0.6) is 0 Å². The van der Waals surface area contributed by atoms with Crippen molar-refractivity contribution in [3.63, 3.8) is 0 Å². The zero-order valence-electron chi connectivity index (χ0n) is 68.8. The number of hydrogen-bond acceptors (Lipinski definition) is 8. The molecule has 12 aromatic rings. The second-order valence-electron chi connectivity index (χ2n) is 32.5. The fourth-order valence-corrected chi connectivity index (χ4v) is 17.4. The molecule has 17 rings (SSSR count). The highest BCUT2D eigenvalue weighted by Gasteiger charge is 2.42. The minimum Gasteiger partial charge on any atom is -0.359 e. The van der Waals surface area contributed by atoms with Gasteiger partial charge in [0.05, 0.1) is 42.0 Å². The molecule has 8 heterocycles. The third-order valence-corrected chi connectivity index (χ3v) is 24.1. The van der Waals surface area contributed by atoms with Crippen LogP contribution < -0.4 is 47.7 Å². The van der Waals surface area contributed by atoms with Crippen molar-refractivity contribution < 1.29 is 18.3 Å². The summed E-state index contributed by atoms with van der Waals surface area (Å²) >= 11 is 0. The Morgan fingerprint density at radius 3 is 1.55 bits per heavy atom. The van der Waals surface area contributed by atoms with E-state index >= 15 is 0 Å². The number of para-hydroxylation sites is 5. The molecule has 0 spiro atoms. The number of anilines is 8. The minimum atomic E-state index is 0.235. The third-order valence-electron chi connectivity index (χ3n) is 24.1. The minimum absolute atomic E-state index is 0.235. The molecule has 12 heteroatoms. The number of nitrogens with zero attached hydrogens (tertiary/aromatic N) is 12. The average molecular weight is 1460 g/mol. The normalized spacial score (nSPS) is 16.9. The Labute approximate surface area is 655 Å². The van der Waals surface area contributed by atoms with E-state index in [9.17, 15) is 0 Å². The number of hydrogen-bond donors (Lipinski definition) is 0. The maximum absolute atomic E-state index is 2.49. The van der Waals surface area contributed by atoms with E-state index in [4.69, 9.17) is 0 Å². The molecule has 1 aliphatic carbocycles. The summed E-state index contributed by atoms with van der Waals surface area (Å²) in [6.45, 7) is 27.1. The van der Waals surface area contributed by atoms with Crippen LogP contribution in [-0.2, 0) is 47.5 Å². The molecule has 562 valence electrons. The highest BCUT2D eigenvalue weighted by atomic mass is 15.4. The van der Waals surface area contributed by atoms with Gasteiger partial charge < -0.3 is 29.4 Å². The number of pyridine rings is 4. The average Bonchev–Trinajstić information content (AvgIpc) is 1.68. The fourth-order valence-electron chi connectivity index (χ4n) is 17.4. The molecule has 4 aromatic heterocycles. The molecule has 4 atom stereocenters. The van der Waals surface area contributed by atoms with E-state index in [0.29, 0.717) is 12.3 Å². The van der Waals surface area contributed by atoms with Crippen molar-refractivity contribution in [2.24, 2.45) is 33.6 Å². The maximum Gasteiger partial charge on any atom is 0.283 e. The quantitative estimate of drug-likeness (QED) is 0.132. The molecule has 8 aromatic carbocycles. The van der Waals surface area contributed by atoms with Gasteiger partial charge in [0.25, 0.3) is 11.6 Å². The fraction of sp³-hybridized carbons (Fsp3) is 0.306. The summed E-state index contributed by atoms with van der Waals surface area (Å²) in [6, 6.07) is 77.0. The largest absolute Gasteiger partial charge is 0.359 e. The van der Waals surface area contributed by atoms with Crippen LogP contribution in [0.15, 0.2) is 243 Å². The van der Waals surface area contributed by atoms with Crippen molar-refractivity contribution in [1.82, 2.24) is 9.80 Å². The molecule has 0 N–H and O–H groups in total. The van der Waals surface area contributed by atoms with Gasteiger partial charge in [0.1, 0.15) is 37.8 Å². The maximum atomic E-state index is 2.49. The third kappa shape index (κ3) is 14.3. The first kappa shape index (κ1) is 75.6. The lowest BCUT2D eigenvalue weighted by atomic mass is 9.84. The zero-order valence-corrected chi connectivity index (χ0v) is 68.8. The number of aryl methyl sites for hydroxylation is 6. The molecular weight excluding hydrogens is 1350 g/mol. The van der Waals surface area contributed by atoms with Crippen molar-refractivity contribution in [1.29, 1.82) is 0 Å². The molecule has 5 aliphatic rings. The van der Waals surface area contributed by atoms with Gasteiger partial charge in [-0.05, 0) is 235 Å². The Morgan fingerprint density at radius 1 is 0.409 bits per heavy atom. The van der Waals surface area contributed by atoms with Crippen molar-refractivity contribution in [3.8, 4) is 45.0 Å². The van der Waals surface area contributed by atoms with Crippen molar-refractivity contribution in [3.05, 3.63) is 288 Å². The molecule has 0 saturated heterocycles. The van der Waals surface area contributed by atoms with Crippen molar-refractivity contribution in [2.75, 3.05) is 57.6 Å². The molecule has 12 nitrogen and oxygen atoms in total. The molecule has 4 aliphatic heterocycles. The Hall–Kier alpha value is -11.2. The van der Waals surface area contributed by atoms with Gasteiger partial charge in [0.2, 0.25) is 16.9 Å². The molecular formula is C98H114N12+4. The highest BCUT2D eigenvalue weighted by Crippen LogP contribution is 2.46. The van der Waals surface area contributed by atoms with Gasteiger partial charge in [-0.1, -0.05) is 117 Å². The molecule has 0 bridgehead atoms. The van der Waals surface area contributed by atoms with E-state index in [1.54, 1.807) is 5.56 Å². The van der Waals surface area contributed by atoms with E-state index in [1.807, 2.05) is 0 Å². The summed E-state index contributed by atoms with van der Waals surface area (Å²) in [4.78, 5) is 18.9. The predicted molar refractivity (Wildman–Crippen MR) is 461 cm³/mol. The van der Waals surface area contributed by atoms with Crippen LogP contribution in [0.3, 0.4) is 0 Å². The summed E-state index contributed by atoms with van der Waals surface area (Å²) in [7, 11) is 17.3. The molecule has 0 saturated carbocycles. The first-order chi connectivity index (χ1) is 52.8. The SMILES string of the molecule is Cc1c(-c2c3ccccc3cc[n+]2C)cc2c(c1N1C=CN(C)[C@H]1C)CCCC2.Cc1c(-c2ccc3ccccc3[n+]2C)cc(CC(C)(C)C)cc1N1C=CN(C)[C@H]1C.Cc1ccc(C)c(-c2cccc(N3c4ccccc4N(C)[C@H]3C)[n+]2C)c1.Cc1ccccc1-c1cccc(N2c3ccccc3N(C)[C@H]2C)[n+]1C. The smallest absolute Gasteiger partial charge is 0.283 e. The highest BCUT2D eigenvalue weighted by molar-refractivity contribution is 5.95. The Kier molecular flexibility index (Phi) is 21.3. The summed E-state index contributed by atoms with van der Waals surface area (Å²) in [6.07, 6.45) is 18.2. The van der Waals surface area contributed by atoms with Crippen LogP contribution in [-0.4, -0.2) is 62.7 Å². The second-order valence-corrected chi connectivity index (χ2v) is 32.5. The van der Waals surface area contributed by atoms with Gasteiger partial charge in [-0.2, -0.15) is 4.57 Å². The van der Waals surface area contributed by atoms with Crippen LogP contribution in [0.2, 0.25) is 0 Å². The Morgan fingerprint density at radius 2 is 0.945 bits per heavy atom. The van der Waals surface area contributed by atoms with Gasteiger partial charge in [0, 0.05) is 111 Å². The van der Waals surface area contributed by atoms with Gasteiger partial charge >= 0.3 is 0 Å². The Balaban J connectivity index is 0.000000123. The lowest BCUT2D eigenvalue weighted by Gasteiger charge is -2.33. The van der Waals surface area contributed by atoms with Crippen LogP contribution in [0.25, 0.3) is 66.7 Å². The van der Waals surface area contributed by atoms with Gasteiger partial charge in [-0.15, -0.1) is 0 Å².